The quantitative estimate of drug-likeness (QED) is 0.898. The number of hydrogen-bond acceptors (Lipinski definition) is 5. The molecule has 1 fully saturated rings. The van der Waals surface area contributed by atoms with E-state index in [4.69, 9.17) is 10.5 Å². The monoisotopic (exact) mass is 295 g/mol. The highest BCUT2D eigenvalue weighted by atomic mass is 32.2. The van der Waals surface area contributed by atoms with Crippen molar-refractivity contribution < 1.29 is 13.2 Å². The first-order valence-corrected chi connectivity index (χ1v) is 8.20. The summed E-state index contributed by atoms with van der Waals surface area (Å²) in [6, 6.07) is 5.48. The van der Waals surface area contributed by atoms with Crippen LogP contribution in [-0.2, 0) is 15.4 Å². The van der Waals surface area contributed by atoms with E-state index in [0.717, 1.165) is 11.0 Å². The third-order valence-corrected chi connectivity index (χ3v) is 5.80. The lowest BCUT2D eigenvalue weighted by Gasteiger charge is -2.26. The van der Waals surface area contributed by atoms with Crippen molar-refractivity contribution in [1.82, 2.24) is 9.55 Å². The second-order valence-corrected chi connectivity index (χ2v) is 7.68. The molecule has 0 amide bonds. The Labute approximate surface area is 117 Å². The van der Waals surface area contributed by atoms with E-state index in [1.807, 2.05) is 29.7 Å². The standard InChI is InChI=1S/C13H17N3O3S/c1-13(5-6-20(17,18)8-13)16-11-7-9(19-2)3-4-10(11)15-12(16)14/h3-4,7H,5-6,8H2,1-2H3,(H2,14,15). The van der Waals surface area contributed by atoms with Gasteiger partial charge < -0.3 is 15.0 Å². The van der Waals surface area contributed by atoms with Crippen molar-refractivity contribution >= 4 is 26.8 Å². The molecular formula is C13H17N3O3S. The van der Waals surface area contributed by atoms with Crippen molar-refractivity contribution in [3.63, 3.8) is 0 Å². The molecule has 2 N–H and O–H groups in total. The number of fused-ring (bicyclic) bond motifs is 1. The maximum atomic E-state index is 11.8. The third-order valence-electron chi connectivity index (χ3n) is 3.91. The van der Waals surface area contributed by atoms with Gasteiger partial charge in [0.15, 0.2) is 9.84 Å². The van der Waals surface area contributed by atoms with Crippen LogP contribution in [0.5, 0.6) is 5.75 Å². The van der Waals surface area contributed by atoms with Gasteiger partial charge >= 0.3 is 0 Å². The molecule has 2 aromatic rings. The number of ether oxygens (including phenoxy) is 1. The van der Waals surface area contributed by atoms with Gasteiger partial charge in [-0.2, -0.15) is 0 Å². The molecule has 1 aliphatic rings. The van der Waals surface area contributed by atoms with Crippen LogP contribution >= 0.6 is 0 Å². The van der Waals surface area contributed by atoms with Crippen molar-refractivity contribution in [3.05, 3.63) is 18.2 Å². The molecule has 7 heteroatoms. The first-order valence-electron chi connectivity index (χ1n) is 6.37. The number of aromatic nitrogens is 2. The molecule has 0 aliphatic carbocycles. The summed E-state index contributed by atoms with van der Waals surface area (Å²) in [7, 11) is -1.43. The number of nitrogens with two attached hydrogens (primary N) is 1. The lowest BCUT2D eigenvalue weighted by Crippen LogP contribution is -2.32. The van der Waals surface area contributed by atoms with Gasteiger partial charge in [0.05, 0.1) is 35.2 Å². The van der Waals surface area contributed by atoms with Crippen molar-refractivity contribution in [1.29, 1.82) is 0 Å². The van der Waals surface area contributed by atoms with Gasteiger partial charge in [-0.1, -0.05) is 0 Å². The molecule has 0 saturated carbocycles. The van der Waals surface area contributed by atoms with Gasteiger partial charge in [0, 0.05) is 6.07 Å². The number of sulfone groups is 1. The minimum absolute atomic E-state index is 0.0901. The van der Waals surface area contributed by atoms with E-state index in [9.17, 15) is 8.42 Å². The molecule has 0 spiro atoms. The maximum Gasteiger partial charge on any atom is 0.201 e. The van der Waals surface area contributed by atoms with Crippen LogP contribution in [0.15, 0.2) is 18.2 Å². The maximum absolute atomic E-state index is 11.8. The lowest BCUT2D eigenvalue weighted by molar-refractivity contribution is 0.380. The van der Waals surface area contributed by atoms with Crippen molar-refractivity contribution in [3.8, 4) is 5.75 Å². The second-order valence-electron chi connectivity index (χ2n) is 5.50. The van der Waals surface area contributed by atoms with E-state index in [1.54, 1.807) is 7.11 Å². The van der Waals surface area contributed by atoms with Gasteiger partial charge in [0.1, 0.15) is 5.75 Å². The van der Waals surface area contributed by atoms with E-state index in [1.165, 1.54) is 0 Å². The molecule has 6 nitrogen and oxygen atoms in total. The fourth-order valence-electron chi connectivity index (χ4n) is 2.94. The van der Waals surface area contributed by atoms with Gasteiger partial charge in [-0.3, -0.25) is 0 Å². The highest BCUT2D eigenvalue weighted by Gasteiger charge is 2.41. The summed E-state index contributed by atoms with van der Waals surface area (Å²) in [5.74, 6) is 1.32. The molecule has 0 radical (unpaired) electrons. The van der Waals surface area contributed by atoms with Gasteiger partial charge in [-0.25, -0.2) is 13.4 Å². The summed E-state index contributed by atoms with van der Waals surface area (Å²) in [5.41, 5.74) is 7.01. The normalized spacial score (nSPS) is 25.1. The molecule has 1 atom stereocenters. The molecule has 1 unspecified atom stereocenters. The second kappa shape index (κ2) is 4.12. The first kappa shape index (κ1) is 13.2. The third kappa shape index (κ3) is 1.93. The van der Waals surface area contributed by atoms with Gasteiger partial charge in [0.2, 0.25) is 5.95 Å². The van der Waals surface area contributed by atoms with Crippen molar-refractivity contribution in [2.45, 2.75) is 18.9 Å². The zero-order valence-corrected chi connectivity index (χ0v) is 12.3. The summed E-state index contributed by atoms with van der Waals surface area (Å²) in [6.45, 7) is 1.91. The van der Waals surface area contributed by atoms with Crippen LogP contribution in [0.4, 0.5) is 5.95 Å². The number of nitrogen functional groups attached to an aromatic ring is 1. The molecule has 1 saturated heterocycles. The Morgan fingerprint density at radius 2 is 2.20 bits per heavy atom. The number of anilines is 1. The molecule has 3 rings (SSSR count). The van der Waals surface area contributed by atoms with Crippen LogP contribution in [0.3, 0.4) is 0 Å². The fraction of sp³-hybridized carbons (Fsp3) is 0.462. The first-order chi connectivity index (χ1) is 9.35. The SMILES string of the molecule is COc1ccc2nc(N)n(C3(C)CCS(=O)(=O)C3)c2c1. The molecule has 1 aromatic carbocycles. The average Bonchev–Trinajstić information content (AvgIpc) is 2.85. The van der Waals surface area contributed by atoms with Crippen LogP contribution in [0, 0.1) is 0 Å². The van der Waals surface area contributed by atoms with Gasteiger partial charge in [-0.15, -0.1) is 0 Å². The Morgan fingerprint density at radius 1 is 1.45 bits per heavy atom. The molecule has 2 heterocycles. The molecule has 1 aromatic heterocycles. The Hall–Kier alpha value is -1.76. The van der Waals surface area contributed by atoms with Crippen molar-refractivity contribution in [2.24, 2.45) is 0 Å². The summed E-state index contributed by atoms with van der Waals surface area (Å²) in [5, 5.41) is 0. The number of rotatable bonds is 2. The molecule has 108 valence electrons. The topological polar surface area (TPSA) is 87.2 Å². The van der Waals surface area contributed by atoms with Crippen LogP contribution < -0.4 is 10.5 Å². The molecule has 20 heavy (non-hydrogen) atoms. The minimum atomic E-state index is -3.02. The lowest BCUT2D eigenvalue weighted by atomic mass is 10.0. The molecule has 0 bridgehead atoms. The summed E-state index contributed by atoms with van der Waals surface area (Å²) in [4.78, 5) is 4.32. The van der Waals surface area contributed by atoms with Crippen LogP contribution in [-0.4, -0.2) is 36.6 Å². The minimum Gasteiger partial charge on any atom is -0.497 e. The van der Waals surface area contributed by atoms with Crippen LogP contribution in [0.1, 0.15) is 13.3 Å². The Bertz CT molecular complexity index is 782. The summed E-state index contributed by atoms with van der Waals surface area (Å²) in [6.07, 6.45) is 0.544. The number of methoxy groups -OCH3 is 1. The molecular weight excluding hydrogens is 278 g/mol. The zero-order chi connectivity index (χ0) is 14.5. The number of imidazole rings is 1. The summed E-state index contributed by atoms with van der Waals surface area (Å²) >= 11 is 0. The van der Waals surface area contributed by atoms with E-state index in [2.05, 4.69) is 4.98 Å². The zero-order valence-electron chi connectivity index (χ0n) is 11.5. The van der Waals surface area contributed by atoms with E-state index < -0.39 is 15.4 Å². The van der Waals surface area contributed by atoms with E-state index in [0.29, 0.717) is 18.1 Å². The van der Waals surface area contributed by atoms with E-state index >= 15 is 0 Å². The summed E-state index contributed by atoms with van der Waals surface area (Å²) < 4.78 is 30.7. The predicted molar refractivity (Wildman–Crippen MR) is 77.6 cm³/mol. The van der Waals surface area contributed by atoms with Crippen LogP contribution in [0.2, 0.25) is 0 Å². The number of hydrogen-bond donors (Lipinski definition) is 1. The number of benzene rings is 1. The predicted octanol–water partition coefficient (Wildman–Crippen LogP) is 1.16. The Morgan fingerprint density at radius 3 is 2.80 bits per heavy atom. The van der Waals surface area contributed by atoms with E-state index in [-0.39, 0.29) is 11.5 Å². The van der Waals surface area contributed by atoms with Crippen molar-refractivity contribution in [2.75, 3.05) is 24.3 Å². The van der Waals surface area contributed by atoms with Crippen LogP contribution in [0.25, 0.3) is 11.0 Å². The average molecular weight is 295 g/mol. The Balaban J connectivity index is 2.23. The number of nitrogens with zero attached hydrogens (tertiary/aromatic N) is 2. The Kier molecular flexibility index (Phi) is 2.72. The fourth-order valence-corrected chi connectivity index (χ4v) is 5.05. The largest absolute Gasteiger partial charge is 0.497 e. The van der Waals surface area contributed by atoms with Gasteiger partial charge in [0.25, 0.3) is 0 Å². The highest BCUT2D eigenvalue weighted by Crippen LogP contribution is 2.36. The molecule has 1 aliphatic heterocycles. The van der Waals surface area contributed by atoms with Gasteiger partial charge in [-0.05, 0) is 25.5 Å². The highest BCUT2D eigenvalue weighted by molar-refractivity contribution is 7.91. The smallest absolute Gasteiger partial charge is 0.201 e.